The van der Waals surface area contributed by atoms with Gasteiger partial charge >= 0.3 is 0 Å². The lowest BCUT2D eigenvalue weighted by Gasteiger charge is -2.04. The van der Waals surface area contributed by atoms with Crippen molar-refractivity contribution in [2.45, 2.75) is 51.6 Å². The molecule has 0 aromatic heterocycles. The summed E-state index contributed by atoms with van der Waals surface area (Å²) in [4.78, 5) is 0. The van der Waals surface area contributed by atoms with E-state index in [0.717, 1.165) is 19.3 Å². The van der Waals surface area contributed by atoms with Gasteiger partial charge in [0, 0.05) is 0 Å². The molecule has 0 saturated carbocycles. The molecule has 0 aliphatic carbocycles. The van der Waals surface area contributed by atoms with E-state index >= 15 is 0 Å². The summed E-state index contributed by atoms with van der Waals surface area (Å²) < 4.78 is 24.3. The van der Waals surface area contributed by atoms with Crippen molar-refractivity contribution in [1.29, 1.82) is 0 Å². The van der Waals surface area contributed by atoms with Crippen LogP contribution in [0.25, 0.3) is 0 Å². The van der Waals surface area contributed by atoms with Gasteiger partial charge in [0.25, 0.3) is 0 Å². The molecule has 0 aromatic rings. The van der Waals surface area contributed by atoms with Crippen LogP contribution in [0.3, 0.4) is 0 Å². The van der Waals surface area contributed by atoms with Crippen LogP contribution in [-0.2, 0) is 0 Å². The molecule has 0 aliphatic heterocycles. The standard InChI is InChI=1S/C9H18F2/c1-2-3-4-6-9(11)7-5-8-10/h9H,2-8H2,1H3. The third kappa shape index (κ3) is 7.76. The maximum atomic E-state index is 12.7. The quantitative estimate of drug-likeness (QED) is 0.504. The molecule has 11 heavy (non-hydrogen) atoms. The summed E-state index contributed by atoms with van der Waals surface area (Å²) in [7, 11) is 0. The van der Waals surface area contributed by atoms with Gasteiger partial charge in [-0.15, -0.1) is 0 Å². The summed E-state index contributed by atoms with van der Waals surface area (Å²) in [6, 6.07) is 0. The lowest BCUT2D eigenvalue weighted by atomic mass is 10.1. The second-order valence-electron chi connectivity index (χ2n) is 2.92. The lowest BCUT2D eigenvalue weighted by Crippen LogP contribution is -2.00. The Balaban J connectivity index is 3.02. The van der Waals surface area contributed by atoms with Gasteiger partial charge in [0.15, 0.2) is 0 Å². The summed E-state index contributed by atoms with van der Waals surface area (Å²) in [5, 5.41) is 0. The zero-order valence-corrected chi connectivity index (χ0v) is 7.28. The fraction of sp³-hybridized carbons (Fsp3) is 1.00. The molecule has 0 radical (unpaired) electrons. The maximum absolute atomic E-state index is 12.7. The first-order chi connectivity index (χ1) is 5.31. The minimum absolute atomic E-state index is 0.381. The van der Waals surface area contributed by atoms with Crippen molar-refractivity contribution in [3.8, 4) is 0 Å². The molecular formula is C9H18F2. The Morgan fingerprint density at radius 2 is 1.73 bits per heavy atom. The van der Waals surface area contributed by atoms with Gasteiger partial charge in [-0.1, -0.05) is 26.2 Å². The van der Waals surface area contributed by atoms with Gasteiger partial charge in [-0.05, 0) is 19.3 Å². The van der Waals surface area contributed by atoms with Gasteiger partial charge in [-0.2, -0.15) is 0 Å². The molecule has 1 atom stereocenters. The van der Waals surface area contributed by atoms with Crippen LogP contribution in [0.5, 0.6) is 0 Å². The fourth-order valence-electron chi connectivity index (χ4n) is 1.06. The smallest absolute Gasteiger partial charge is 0.100 e. The summed E-state index contributed by atoms with van der Waals surface area (Å²) >= 11 is 0. The third-order valence-corrected chi connectivity index (χ3v) is 1.77. The lowest BCUT2D eigenvalue weighted by molar-refractivity contribution is 0.272. The molecule has 0 aliphatic rings. The van der Waals surface area contributed by atoms with E-state index in [-0.39, 0.29) is 6.67 Å². The van der Waals surface area contributed by atoms with Gasteiger partial charge in [0.05, 0.1) is 6.67 Å². The van der Waals surface area contributed by atoms with Crippen LogP contribution in [0.2, 0.25) is 0 Å². The monoisotopic (exact) mass is 164 g/mol. The van der Waals surface area contributed by atoms with Crippen molar-refractivity contribution in [3.05, 3.63) is 0 Å². The Hall–Kier alpha value is -0.140. The van der Waals surface area contributed by atoms with Crippen molar-refractivity contribution in [2.24, 2.45) is 0 Å². The molecule has 0 saturated heterocycles. The van der Waals surface area contributed by atoms with Crippen LogP contribution >= 0.6 is 0 Å². The molecule has 0 aromatic carbocycles. The number of unbranched alkanes of at least 4 members (excludes halogenated alkanes) is 2. The number of hydrogen-bond donors (Lipinski definition) is 0. The zero-order valence-electron chi connectivity index (χ0n) is 7.28. The summed E-state index contributed by atoms with van der Waals surface area (Å²) in [6.45, 7) is 1.71. The van der Waals surface area contributed by atoms with E-state index in [0.29, 0.717) is 19.3 Å². The molecule has 0 fully saturated rings. The van der Waals surface area contributed by atoms with E-state index in [4.69, 9.17) is 0 Å². The molecule has 0 heterocycles. The molecule has 0 bridgehead atoms. The second kappa shape index (κ2) is 7.96. The Morgan fingerprint density at radius 3 is 2.27 bits per heavy atom. The highest BCUT2D eigenvalue weighted by atomic mass is 19.1. The van der Waals surface area contributed by atoms with E-state index in [1.165, 1.54) is 0 Å². The number of halogens is 2. The van der Waals surface area contributed by atoms with Crippen LogP contribution in [0.1, 0.15) is 45.4 Å². The van der Waals surface area contributed by atoms with Crippen LogP contribution in [0.15, 0.2) is 0 Å². The van der Waals surface area contributed by atoms with Gasteiger partial charge in [0.1, 0.15) is 6.17 Å². The van der Waals surface area contributed by atoms with Gasteiger partial charge in [-0.3, -0.25) is 4.39 Å². The molecule has 0 amide bonds. The average Bonchev–Trinajstić information content (AvgIpc) is 2.01. The fourth-order valence-corrected chi connectivity index (χ4v) is 1.06. The van der Waals surface area contributed by atoms with Crippen LogP contribution in [-0.4, -0.2) is 12.8 Å². The minimum Gasteiger partial charge on any atom is -0.251 e. The van der Waals surface area contributed by atoms with Crippen LogP contribution in [0, 0.1) is 0 Å². The van der Waals surface area contributed by atoms with Crippen molar-refractivity contribution >= 4 is 0 Å². The molecule has 1 unspecified atom stereocenters. The maximum Gasteiger partial charge on any atom is 0.100 e. The van der Waals surface area contributed by atoms with Crippen molar-refractivity contribution < 1.29 is 8.78 Å². The van der Waals surface area contributed by atoms with E-state index in [2.05, 4.69) is 6.92 Å². The average molecular weight is 164 g/mol. The predicted octanol–water partition coefficient (Wildman–Crippen LogP) is 3.65. The van der Waals surface area contributed by atoms with Crippen molar-refractivity contribution in [3.63, 3.8) is 0 Å². The number of rotatable bonds is 7. The highest BCUT2D eigenvalue weighted by Crippen LogP contribution is 2.11. The van der Waals surface area contributed by atoms with E-state index < -0.39 is 6.17 Å². The first-order valence-corrected chi connectivity index (χ1v) is 4.51. The predicted molar refractivity (Wildman–Crippen MR) is 44.2 cm³/mol. The van der Waals surface area contributed by atoms with Gasteiger partial charge < -0.3 is 0 Å². The molecule has 0 nitrogen and oxygen atoms in total. The highest BCUT2D eigenvalue weighted by Gasteiger charge is 2.04. The molecule has 68 valence electrons. The van der Waals surface area contributed by atoms with Crippen LogP contribution < -0.4 is 0 Å². The van der Waals surface area contributed by atoms with E-state index in [9.17, 15) is 8.78 Å². The Kier molecular flexibility index (Phi) is 7.86. The second-order valence-corrected chi connectivity index (χ2v) is 2.92. The van der Waals surface area contributed by atoms with Crippen molar-refractivity contribution in [2.75, 3.05) is 6.67 Å². The summed E-state index contributed by atoms with van der Waals surface area (Å²) in [6.07, 6.45) is 3.80. The summed E-state index contributed by atoms with van der Waals surface area (Å²) in [5.41, 5.74) is 0. The topological polar surface area (TPSA) is 0 Å². The summed E-state index contributed by atoms with van der Waals surface area (Å²) in [5.74, 6) is 0. The normalized spacial score (nSPS) is 13.4. The molecule has 0 N–H and O–H groups in total. The molecular weight excluding hydrogens is 146 g/mol. The first kappa shape index (κ1) is 10.9. The van der Waals surface area contributed by atoms with Gasteiger partial charge in [0.2, 0.25) is 0 Å². The van der Waals surface area contributed by atoms with Crippen LogP contribution in [0.4, 0.5) is 8.78 Å². The minimum atomic E-state index is -0.766. The number of alkyl halides is 2. The van der Waals surface area contributed by atoms with E-state index in [1.807, 2.05) is 0 Å². The van der Waals surface area contributed by atoms with E-state index in [1.54, 1.807) is 0 Å². The highest BCUT2D eigenvalue weighted by molar-refractivity contribution is 4.55. The molecule has 0 rings (SSSR count). The molecule has 2 heteroatoms. The largest absolute Gasteiger partial charge is 0.251 e. The Morgan fingerprint density at radius 1 is 1.09 bits per heavy atom. The third-order valence-electron chi connectivity index (χ3n) is 1.77. The SMILES string of the molecule is CCCCCC(F)CCCF. The van der Waals surface area contributed by atoms with Gasteiger partial charge in [-0.25, -0.2) is 4.39 Å². The number of hydrogen-bond acceptors (Lipinski definition) is 0. The van der Waals surface area contributed by atoms with Crippen molar-refractivity contribution in [1.82, 2.24) is 0 Å². The first-order valence-electron chi connectivity index (χ1n) is 4.51. The molecule has 0 spiro atoms. The zero-order chi connectivity index (χ0) is 8.53. The Bertz CT molecular complexity index is 74.0. The Labute approximate surface area is 68.0 Å².